The van der Waals surface area contributed by atoms with E-state index in [0.29, 0.717) is 12.0 Å². The number of nitrogens with two attached hydrogens (primary N) is 1. The van der Waals surface area contributed by atoms with Gasteiger partial charge in [-0.25, -0.2) is 0 Å². The minimum Gasteiger partial charge on any atom is -0.366 e. The molecule has 0 aliphatic rings. The van der Waals surface area contributed by atoms with Gasteiger partial charge in [0.05, 0.1) is 5.69 Å². The molecule has 2 N–H and O–H groups in total. The highest BCUT2D eigenvalue weighted by Gasteiger charge is 2.07. The van der Waals surface area contributed by atoms with Crippen LogP contribution in [0, 0.1) is 0 Å². The molecule has 2 rings (SSSR count). The van der Waals surface area contributed by atoms with Gasteiger partial charge in [-0.3, -0.25) is 4.79 Å². The number of aromatic nitrogens is 2. The van der Waals surface area contributed by atoms with Crippen molar-refractivity contribution in [1.82, 2.24) is 10.2 Å². The molecule has 1 aromatic carbocycles. The fraction of sp³-hybridized carbons (Fsp3) is 0.0833. The lowest BCUT2D eigenvalue weighted by molar-refractivity contribution is 0.0999. The van der Waals surface area contributed by atoms with Crippen LogP contribution in [0.2, 0.25) is 0 Å². The molecule has 0 unspecified atom stereocenters. The van der Waals surface area contributed by atoms with Crippen LogP contribution in [0.4, 0.5) is 0 Å². The van der Waals surface area contributed by atoms with Crippen molar-refractivity contribution < 1.29 is 4.79 Å². The molecule has 0 radical (unpaired) electrons. The number of rotatable bonds is 3. The summed E-state index contributed by atoms with van der Waals surface area (Å²) in [5, 5.41) is 7.76. The lowest BCUT2D eigenvalue weighted by Crippen LogP contribution is -2.14. The van der Waals surface area contributed by atoms with Crippen molar-refractivity contribution in [2.75, 3.05) is 0 Å². The Bertz CT molecular complexity index is 497. The Kier molecular flexibility index (Phi) is 2.91. The first kappa shape index (κ1) is 10.3. The van der Waals surface area contributed by atoms with Crippen LogP contribution >= 0.6 is 0 Å². The molecule has 1 aromatic heterocycles. The number of carbonyl (C=O) groups excluding carboxylic acids is 1. The maximum atomic E-state index is 11.2. The van der Waals surface area contributed by atoms with Crippen LogP contribution < -0.4 is 5.73 Å². The average molecular weight is 213 g/mol. The van der Waals surface area contributed by atoms with E-state index in [1.807, 2.05) is 24.3 Å². The first-order valence-corrected chi connectivity index (χ1v) is 4.91. The van der Waals surface area contributed by atoms with E-state index in [4.69, 9.17) is 5.73 Å². The second kappa shape index (κ2) is 4.53. The monoisotopic (exact) mass is 213 g/mol. The number of hydrogen-bond acceptors (Lipinski definition) is 3. The van der Waals surface area contributed by atoms with Gasteiger partial charge in [-0.05, 0) is 23.8 Å². The zero-order valence-electron chi connectivity index (χ0n) is 8.63. The van der Waals surface area contributed by atoms with Crippen LogP contribution in [0.15, 0.2) is 42.6 Å². The number of benzene rings is 1. The zero-order valence-corrected chi connectivity index (χ0v) is 8.63. The molecule has 16 heavy (non-hydrogen) atoms. The van der Waals surface area contributed by atoms with Crippen LogP contribution in [0.3, 0.4) is 0 Å². The van der Waals surface area contributed by atoms with Crippen molar-refractivity contribution in [3.8, 4) is 0 Å². The predicted molar refractivity (Wildman–Crippen MR) is 59.8 cm³/mol. The molecule has 2 aromatic rings. The van der Waals surface area contributed by atoms with Crippen molar-refractivity contribution in [2.45, 2.75) is 6.42 Å². The predicted octanol–water partition coefficient (Wildman–Crippen LogP) is 1.17. The van der Waals surface area contributed by atoms with Gasteiger partial charge in [0.2, 0.25) is 5.91 Å². The van der Waals surface area contributed by atoms with Gasteiger partial charge in [-0.1, -0.05) is 18.2 Å². The Balaban J connectivity index is 2.31. The lowest BCUT2D eigenvalue weighted by atomic mass is 10.0. The van der Waals surface area contributed by atoms with Crippen LogP contribution in [0.1, 0.15) is 21.6 Å². The fourth-order valence-corrected chi connectivity index (χ4v) is 1.54. The standard InChI is InChI=1S/C12H11N3O/c13-12(16)11-6-2-1-4-9(11)8-10-5-3-7-14-15-10/h1-7H,8H2,(H2,13,16). The molecule has 0 aliphatic heterocycles. The minimum atomic E-state index is -0.417. The van der Waals surface area contributed by atoms with Gasteiger partial charge < -0.3 is 5.73 Å². The summed E-state index contributed by atoms with van der Waals surface area (Å²) in [5.74, 6) is -0.417. The summed E-state index contributed by atoms with van der Waals surface area (Å²) in [6, 6.07) is 10.9. The van der Waals surface area contributed by atoms with Gasteiger partial charge >= 0.3 is 0 Å². The van der Waals surface area contributed by atoms with E-state index in [9.17, 15) is 4.79 Å². The molecule has 4 heteroatoms. The highest BCUT2D eigenvalue weighted by Crippen LogP contribution is 2.11. The molecule has 0 fully saturated rings. The molecule has 80 valence electrons. The quantitative estimate of drug-likeness (QED) is 0.832. The molecule has 0 saturated carbocycles. The second-order valence-electron chi connectivity index (χ2n) is 3.41. The smallest absolute Gasteiger partial charge is 0.248 e. The Labute approximate surface area is 93.1 Å². The van der Waals surface area contributed by atoms with Crippen LogP contribution in [-0.2, 0) is 6.42 Å². The number of carbonyl (C=O) groups is 1. The summed E-state index contributed by atoms with van der Waals surface area (Å²) in [5.41, 5.74) is 7.52. The van der Waals surface area contributed by atoms with E-state index >= 15 is 0 Å². The highest BCUT2D eigenvalue weighted by atomic mass is 16.1. The van der Waals surface area contributed by atoms with Crippen LogP contribution in [0.5, 0.6) is 0 Å². The molecule has 0 saturated heterocycles. The Morgan fingerprint density at radius 1 is 1.19 bits per heavy atom. The third-order valence-corrected chi connectivity index (χ3v) is 2.28. The molecule has 4 nitrogen and oxygen atoms in total. The maximum absolute atomic E-state index is 11.2. The molecular formula is C12H11N3O. The Morgan fingerprint density at radius 3 is 2.69 bits per heavy atom. The molecule has 0 bridgehead atoms. The van der Waals surface area contributed by atoms with Crippen molar-refractivity contribution in [3.05, 3.63) is 59.4 Å². The van der Waals surface area contributed by atoms with Crippen LogP contribution in [-0.4, -0.2) is 16.1 Å². The fourth-order valence-electron chi connectivity index (χ4n) is 1.54. The molecule has 1 heterocycles. The number of hydrogen-bond donors (Lipinski definition) is 1. The molecular weight excluding hydrogens is 202 g/mol. The Hall–Kier alpha value is -2.23. The number of amides is 1. The van der Waals surface area contributed by atoms with E-state index in [2.05, 4.69) is 10.2 Å². The second-order valence-corrected chi connectivity index (χ2v) is 3.41. The van der Waals surface area contributed by atoms with E-state index in [1.165, 1.54) is 0 Å². The van der Waals surface area contributed by atoms with Crippen molar-refractivity contribution in [2.24, 2.45) is 5.73 Å². The maximum Gasteiger partial charge on any atom is 0.248 e. The first-order valence-electron chi connectivity index (χ1n) is 4.91. The minimum absolute atomic E-state index is 0.417. The summed E-state index contributed by atoms with van der Waals surface area (Å²) >= 11 is 0. The SMILES string of the molecule is NC(=O)c1ccccc1Cc1cccnn1. The largest absolute Gasteiger partial charge is 0.366 e. The molecule has 0 aliphatic carbocycles. The van der Waals surface area contributed by atoms with Crippen LogP contribution in [0.25, 0.3) is 0 Å². The normalized spacial score (nSPS) is 10.0. The van der Waals surface area contributed by atoms with Gasteiger partial charge in [0, 0.05) is 18.2 Å². The number of primary amides is 1. The lowest BCUT2D eigenvalue weighted by Gasteiger charge is -2.04. The zero-order chi connectivity index (χ0) is 11.4. The van der Waals surface area contributed by atoms with Gasteiger partial charge in [-0.2, -0.15) is 10.2 Å². The van der Waals surface area contributed by atoms with E-state index in [-0.39, 0.29) is 0 Å². The van der Waals surface area contributed by atoms with Crippen molar-refractivity contribution in [1.29, 1.82) is 0 Å². The van der Waals surface area contributed by atoms with Gasteiger partial charge in [-0.15, -0.1) is 0 Å². The van der Waals surface area contributed by atoms with Crippen molar-refractivity contribution in [3.63, 3.8) is 0 Å². The van der Waals surface area contributed by atoms with Gasteiger partial charge in [0.15, 0.2) is 0 Å². The topological polar surface area (TPSA) is 68.9 Å². The summed E-state index contributed by atoms with van der Waals surface area (Å²) in [7, 11) is 0. The summed E-state index contributed by atoms with van der Waals surface area (Å²) in [6.45, 7) is 0. The molecule has 1 amide bonds. The van der Waals surface area contributed by atoms with E-state index < -0.39 is 5.91 Å². The highest BCUT2D eigenvalue weighted by molar-refractivity contribution is 5.94. The van der Waals surface area contributed by atoms with E-state index in [0.717, 1.165) is 11.3 Å². The third-order valence-electron chi connectivity index (χ3n) is 2.28. The summed E-state index contributed by atoms with van der Waals surface area (Å²) in [6.07, 6.45) is 2.18. The van der Waals surface area contributed by atoms with Crippen molar-refractivity contribution >= 4 is 5.91 Å². The van der Waals surface area contributed by atoms with Gasteiger partial charge in [0.25, 0.3) is 0 Å². The summed E-state index contributed by atoms with van der Waals surface area (Å²) < 4.78 is 0. The molecule has 0 spiro atoms. The van der Waals surface area contributed by atoms with Gasteiger partial charge in [0.1, 0.15) is 0 Å². The first-order chi connectivity index (χ1) is 7.77. The third kappa shape index (κ3) is 2.23. The number of nitrogens with zero attached hydrogens (tertiary/aromatic N) is 2. The van der Waals surface area contributed by atoms with E-state index in [1.54, 1.807) is 18.3 Å². The Morgan fingerprint density at radius 2 is 2.00 bits per heavy atom. The average Bonchev–Trinajstić information content (AvgIpc) is 2.31. The summed E-state index contributed by atoms with van der Waals surface area (Å²) in [4.78, 5) is 11.2. The molecule has 0 atom stereocenters.